The Kier molecular flexibility index (Phi) is 6.79. The van der Waals surface area contributed by atoms with Crippen molar-refractivity contribution >= 4 is 33.0 Å². The first-order valence-corrected chi connectivity index (χ1v) is 11.0. The van der Waals surface area contributed by atoms with Crippen LogP contribution >= 0.6 is 11.3 Å². The molecule has 0 radical (unpaired) electrons. The van der Waals surface area contributed by atoms with Crippen molar-refractivity contribution in [1.82, 2.24) is 10.2 Å². The zero-order valence-corrected chi connectivity index (χ0v) is 15.5. The Labute approximate surface area is 147 Å². The second-order valence-corrected chi connectivity index (χ2v) is 9.02. The minimum atomic E-state index is -3.03. The van der Waals surface area contributed by atoms with Crippen LogP contribution in [0.2, 0.25) is 0 Å². The van der Waals surface area contributed by atoms with E-state index in [0.29, 0.717) is 18.5 Å². The van der Waals surface area contributed by atoms with E-state index < -0.39 is 9.84 Å². The summed E-state index contributed by atoms with van der Waals surface area (Å²) < 4.78 is 23.4. The minimum Gasteiger partial charge on any atom is -0.351 e. The monoisotopic (exact) mass is 372 g/mol. The molecule has 1 unspecified atom stereocenters. The molecule has 1 N–H and O–H groups in total. The van der Waals surface area contributed by atoms with Crippen molar-refractivity contribution in [2.24, 2.45) is 0 Å². The standard InChI is InChI=1S/C16H24N2O4S2/c1-2-3-8-18(14-6-10-24(21,22)12-14)15(19)4-7-17-16(20)13-5-9-23-11-13/h5,9,11,14H,2-4,6-8,10,12H2,1H3,(H,17,20). The normalized spacial score (nSPS) is 19.1. The molecule has 0 saturated carbocycles. The van der Waals surface area contributed by atoms with Gasteiger partial charge in [0.15, 0.2) is 9.84 Å². The number of nitrogens with zero attached hydrogens (tertiary/aromatic N) is 1. The zero-order valence-electron chi connectivity index (χ0n) is 13.9. The minimum absolute atomic E-state index is 0.0592. The molecule has 1 aliphatic rings. The molecule has 2 amide bonds. The molecular weight excluding hydrogens is 348 g/mol. The van der Waals surface area contributed by atoms with E-state index in [-0.39, 0.29) is 42.3 Å². The van der Waals surface area contributed by atoms with E-state index in [9.17, 15) is 18.0 Å². The number of sulfone groups is 1. The molecule has 0 aliphatic carbocycles. The van der Waals surface area contributed by atoms with Crippen LogP contribution in [0, 0.1) is 0 Å². The second kappa shape index (κ2) is 8.62. The van der Waals surface area contributed by atoms with Crippen LogP contribution in [0.4, 0.5) is 0 Å². The predicted molar refractivity (Wildman–Crippen MR) is 94.9 cm³/mol. The quantitative estimate of drug-likeness (QED) is 0.753. The van der Waals surface area contributed by atoms with Gasteiger partial charge in [0.1, 0.15) is 0 Å². The summed E-state index contributed by atoms with van der Waals surface area (Å²) in [7, 11) is -3.03. The van der Waals surface area contributed by atoms with Gasteiger partial charge in [-0.2, -0.15) is 11.3 Å². The van der Waals surface area contributed by atoms with Crippen molar-refractivity contribution in [3.63, 3.8) is 0 Å². The number of hydrogen-bond donors (Lipinski definition) is 1. The highest BCUT2D eigenvalue weighted by atomic mass is 32.2. The van der Waals surface area contributed by atoms with Crippen LogP contribution in [0.25, 0.3) is 0 Å². The molecule has 6 nitrogen and oxygen atoms in total. The molecule has 1 saturated heterocycles. The highest BCUT2D eigenvalue weighted by Crippen LogP contribution is 2.19. The molecule has 1 aromatic rings. The van der Waals surface area contributed by atoms with E-state index >= 15 is 0 Å². The lowest BCUT2D eigenvalue weighted by Gasteiger charge is -2.28. The third-order valence-corrected chi connectivity index (χ3v) is 6.56. The van der Waals surface area contributed by atoms with Gasteiger partial charge in [0.2, 0.25) is 5.91 Å². The third kappa shape index (κ3) is 5.31. The van der Waals surface area contributed by atoms with Gasteiger partial charge in [-0.1, -0.05) is 13.3 Å². The number of thiophene rings is 1. The highest BCUT2D eigenvalue weighted by Gasteiger charge is 2.34. The zero-order chi connectivity index (χ0) is 17.6. The molecule has 0 spiro atoms. The number of nitrogens with one attached hydrogen (secondary N) is 1. The maximum atomic E-state index is 12.5. The van der Waals surface area contributed by atoms with Crippen LogP contribution in [0.1, 0.15) is 43.0 Å². The first-order valence-electron chi connectivity index (χ1n) is 8.23. The van der Waals surface area contributed by atoms with Crippen molar-refractivity contribution < 1.29 is 18.0 Å². The Balaban J connectivity index is 1.87. The molecule has 1 fully saturated rings. The molecule has 0 bridgehead atoms. The van der Waals surface area contributed by atoms with E-state index in [1.807, 2.05) is 12.3 Å². The van der Waals surface area contributed by atoms with Crippen LogP contribution in [0.5, 0.6) is 0 Å². The lowest BCUT2D eigenvalue weighted by atomic mass is 10.1. The van der Waals surface area contributed by atoms with Crippen LogP contribution in [-0.2, 0) is 14.6 Å². The lowest BCUT2D eigenvalue weighted by Crippen LogP contribution is -2.43. The van der Waals surface area contributed by atoms with E-state index in [0.717, 1.165) is 12.8 Å². The number of rotatable bonds is 8. The van der Waals surface area contributed by atoms with Crippen LogP contribution in [-0.4, -0.2) is 55.8 Å². The average molecular weight is 373 g/mol. The van der Waals surface area contributed by atoms with Gasteiger partial charge < -0.3 is 10.2 Å². The molecule has 8 heteroatoms. The summed E-state index contributed by atoms with van der Waals surface area (Å²) in [6.45, 7) is 2.87. The number of unbranched alkanes of at least 4 members (excludes halogenated alkanes) is 1. The largest absolute Gasteiger partial charge is 0.351 e. The fourth-order valence-corrected chi connectivity index (χ4v) is 5.15. The maximum absolute atomic E-state index is 12.5. The smallest absolute Gasteiger partial charge is 0.252 e. The van der Waals surface area contributed by atoms with Crippen molar-refractivity contribution in [3.8, 4) is 0 Å². The van der Waals surface area contributed by atoms with Crippen molar-refractivity contribution in [2.75, 3.05) is 24.6 Å². The first kappa shape index (κ1) is 18.9. The summed E-state index contributed by atoms with van der Waals surface area (Å²) in [6.07, 6.45) is 2.50. The number of amides is 2. The Morgan fingerprint density at radius 2 is 2.21 bits per heavy atom. The molecule has 1 atom stereocenters. The summed E-state index contributed by atoms with van der Waals surface area (Å²) >= 11 is 1.45. The summed E-state index contributed by atoms with van der Waals surface area (Å²) in [6, 6.07) is 1.51. The predicted octanol–water partition coefficient (Wildman–Crippen LogP) is 1.68. The summed E-state index contributed by atoms with van der Waals surface area (Å²) in [5.41, 5.74) is 0.595. The molecule has 1 aromatic heterocycles. The Morgan fingerprint density at radius 1 is 1.42 bits per heavy atom. The van der Waals surface area contributed by atoms with Gasteiger partial charge in [0.05, 0.1) is 11.5 Å². The number of carbonyl (C=O) groups excluding carboxylic acids is 2. The topological polar surface area (TPSA) is 83.6 Å². The van der Waals surface area contributed by atoms with Gasteiger partial charge in [-0.15, -0.1) is 0 Å². The molecule has 1 aliphatic heterocycles. The molecule has 134 valence electrons. The van der Waals surface area contributed by atoms with Gasteiger partial charge in [0, 0.05) is 36.5 Å². The second-order valence-electron chi connectivity index (χ2n) is 6.02. The maximum Gasteiger partial charge on any atom is 0.252 e. The van der Waals surface area contributed by atoms with Gasteiger partial charge in [-0.25, -0.2) is 8.42 Å². The SMILES string of the molecule is CCCCN(C(=O)CCNC(=O)c1ccsc1)C1CCS(=O)(=O)C1. The van der Waals surface area contributed by atoms with Crippen molar-refractivity contribution in [3.05, 3.63) is 22.4 Å². The highest BCUT2D eigenvalue weighted by molar-refractivity contribution is 7.91. The first-order chi connectivity index (χ1) is 11.4. The molecular formula is C16H24N2O4S2. The van der Waals surface area contributed by atoms with Crippen LogP contribution in [0.3, 0.4) is 0 Å². The third-order valence-electron chi connectivity index (χ3n) is 4.13. The van der Waals surface area contributed by atoms with E-state index in [1.165, 1.54) is 11.3 Å². The Hall–Kier alpha value is -1.41. The number of carbonyl (C=O) groups is 2. The van der Waals surface area contributed by atoms with E-state index in [1.54, 1.807) is 16.3 Å². The Bertz CT molecular complexity index is 656. The van der Waals surface area contributed by atoms with Crippen LogP contribution in [0.15, 0.2) is 16.8 Å². The molecule has 2 heterocycles. The van der Waals surface area contributed by atoms with Crippen LogP contribution < -0.4 is 5.32 Å². The average Bonchev–Trinajstić information content (AvgIpc) is 3.17. The summed E-state index contributed by atoms with van der Waals surface area (Å²) in [5.74, 6) is -0.0598. The Morgan fingerprint density at radius 3 is 2.79 bits per heavy atom. The summed E-state index contributed by atoms with van der Waals surface area (Å²) in [4.78, 5) is 26.1. The summed E-state index contributed by atoms with van der Waals surface area (Å²) in [5, 5.41) is 6.32. The van der Waals surface area contributed by atoms with Gasteiger partial charge in [-0.3, -0.25) is 9.59 Å². The molecule has 2 rings (SSSR count). The fraction of sp³-hybridized carbons (Fsp3) is 0.625. The number of hydrogen-bond acceptors (Lipinski definition) is 5. The van der Waals surface area contributed by atoms with Crippen molar-refractivity contribution in [2.45, 2.75) is 38.6 Å². The van der Waals surface area contributed by atoms with Gasteiger partial charge in [-0.05, 0) is 24.3 Å². The van der Waals surface area contributed by atoms with Gasteiger partial charge in [0.25, 0.3) is 5.91 Å². The fourth-order valence-electron chi connectivity index (χ4n) is 2.78. The van der Waals surface area contributed by atoms with Gasteiger partial charge >= 0.3 is 0 Å². The van der Waals surface area contributed by atoms with E-state index in [4.69, 9.17) is 0 Å². The lowest BCUT2D eigenvalue weighted by molar-refractivity contribution is -0.133. The van der Waals surface area contributed by atoms with Crippen molar-refractivity contribution in [1.29, 1.82) is 0 Å². The molecule has 24 heavy (non-hydrogen) atoms. The molecule has 0 aromatic carbocycles. The van der Waals surface area contributed by atoms with E-state index in [2.05, 4.69) is 5.32 Å².